The van der Waals surface area contributed by atoms with Crippen molar-refractivity contribution in [3.05, 3.63) is 46.4 Å². The van der Waals surface area contributed by atoms with Gasteiger partial charge in [0.05, 0.1) is 13.3 Å². The molecule has 2 N–H and O–H groups in total. The molecule has 22 heavy (non-hydrogen) atoms. The number of hydrogen-bond acceptors (Lipinski definition) is 5. The summed E-state index contributed by atoms with van der Waals surface area (Å²) in [5, 5.41) is 7.65. The van der Waals surface area contributed by atoms with Crippen LogP contribution in [-0.2, 0) is 6.42 Å². The van der Waals surface area contributed by atoms with Crippen LogP contribution in [0.2, 0.25) is 0 Å². The minimum absolute atomic E-state index is 0.161. The predicted molar refractivity (Wildman–Crippen MR) is 86.5 cm³/mol. The summed E-state index contributed by atoms with van der Waals surface area (Å²) in [6.07, 6.45) is 3.38. The first-order valence-corrected chi connectivity index (χ1v) is 7.94. The number of aryl methyl sites for hydroxylation is 1. The van der Waals surface area contributed by atoms with Gasteiger partial charge in [0.2, 0.25) is 0 Å². The maximum atomic E-state index is 11.8. The third-order valence-corrected chi connectivity index (χ3v) is 4.28. The third-order valence-electron chi connectivity index (χ3n) is 3.32. The minimum atomic E-state index is -0.161. The Labute approximate surface area is 131 Å². The quantitative estimate of drug-likeness (QED) is 0.414. The van der Waals surface area contributed by atoms with Crippen molar-refractivity contribution in [2.75, 3.05) is 12.9 Å². The zero-order valence-electron chi connectivity index (χ0n) is 12.1. The molecule has 0 saturated carbocycles. The van der Waals surface area contributed by atoms with Gasteiger partial charge < -0.3 is 9.72 Å². The maximum Gasteiger partial charge on any atom is 0.262 e. The Morgan fingerprint density at radius 1 is 1.32 bits per heavy atom. The summed E-state index contributed by atoms with van der Waals surface area (Å²) in [6, 6.07) is 8.01. The van der Waals surface area contributed by atoms with Gasteiger partial charge in [-0.2, -0.15) is 5.10 Å². The molecule has 0 aliphatic heterocycles. The lowest BCUT2D eigenvalue weighted by Crippen LogP contribution is -2.08. The number of thioether (sulfide) groups is 1. The van der Waals surface area contributed by atoms with Crippen LogP contribution in [0.4, 0.5) is 0 Å². The first-order chi connectivity index (χ1) is 10.8. The van der Waals surface area contributed by atoms with E-state index >= 15 is 0 Å². The van der Waals surface area contributed by atoms with Crippen molar-refractivity contribution in [3.8, 4) is 5.75 Å². The molecule has 0 bridgehead atoms. The molecule has 0 spiro atoms. The monoisotopic (exact) mass is 316 g/mol. The van der Waals surface area contributed by atoms with Gasteiger partial charge in [-0.05, 0) is 24.5 Å². The highest BCUT2D eigenvalue weighted by atomic mass is 32.2. The fraction of sp³-hybridized carbons (Fsp3) is 0.267. The molecule has 1 aromatic carbocycles. The molecule has 2 heterocycles. The second-order valence-corrected chi connectivity index (χ2v) is 5.85. The molecular weight excluding hydrogens is 300 g/mol. The van der Waals surface area contributed by atoms with Crippen molar-refractivity contribution < 1.29 is 4.74 Å². The van der Waals surface area contributed by atoms with E-state index in [-0.39, 0.29) is 5.56 Å². The number of methoxy groups -OCH3 is 1. The Kier molecular flexibility index (Phi) is 4.43. The number of nitrogens with one attached hydrogen (secondary N) is 2. The Balaban J connectivity index is 1.59. The van der Waals surface area contributed by atoms with E-state index in [0.29, 0.717) is 16.2 Å². The van der Waals surface area contributed by atoms with Gasteiger partial charge in [-0.25, -0.2) is 4.98 Å². The number of ether oxygens (including phenoxy) is 1. The van der Waals surface area contributed by atoms with Gasteiger partial charge in [0, 0.05) is 5.75 Å². The number of benzene rings is 1. The molecule has 0 amide bonds. The zero-order chi connectivity index (χ0) is 15.4. The lowest BCUT2D eigenvalue weighted by molar-refractivity contribution is 0.409. The van der Waals surface area contributed by atoms with Gasteiger partial charge in [-0.1, -0.05) is 30.0 Å². The number of para-hydroxylation sites is 1. The van der Waals surface area contributed by atoms with Gasteiger partial charge in [-0.3, -0.25) is 9.89 Å². The van der Waals surface area contributed by atoms with E-state index < -0.39 is 0 Å². The van der Waals surface area contributed by atoms with Gasteiger partial charge in [0.1, 0.15) is 11.1 Å². The van der Waals surface area contributed by atoms with Gasteiger partial charge in [0.15, 0.2) is 10.8 Å². The van der Waals surface area contributed by atoms with Crippen LogP contribution >= 0.6 is 11.8 Å². The van der Waals surface area contributed by atoms with Crippen molar-refractivity contribution in [1.29, 1.82) is 0 Å². The molecule has 6 nitrogen and oxygen atoms in total. The summed E-state index contributed by atoms with van der Waals surface area (Å²) < 4.78 is 5.34. The minimum Gasteiger partial charge on any atom is -0.496 e. The van der Waals surface area contributed by atoms with E-state index in [9.17, 15) is 4.79 Å². The lowest BCUT2D eigenvalue weighted by Gasteiger charge is -2.07. The largest absolute Gasteiger partial charge is 0.496 e. The first kappa shape index (κ1) is 14.6. The summed E-state index contributed by atoms with van der Waals surface area (Å²) in [4.78, 5) is 18.9. The number of fused-ring (bicyclic) bond motifs is 1. The smallest absolute Gasteiger partial charge is 0.262 e. The summed E-state index contributed by atoms with van der Waals surface area (Å²) in [5.74, 6) is 1.78. The standard InChI is InChI=1S/C15H16N4O2S/c1-21-12-7-3-2-5-10(12)6-4-8-22-15-17-13-11(9-16-19-13)14(20)18-15/h2-3,5,7,9H,4,6,8H2,1H3,(H2,16,17,18,19,20). The van der Waals surface area contributed by atoms with Crippen molar-refractivity contribution in [2.24, 2.45) is 0 Å². The Morgan fingerprint density at radius 2 is 2.18 bits per heavy atom. The third kappa shape index (κ3) is 3.14. The van der Waals surface area contributed by atoms with Crippen LogP contribution in [0.1, 0.15) is 12.0 Å². The second kappa shape index (κ2) is 6.65. The molecule has 0 unspecified atom stereocenters. The van der Waals surface area contributed by atoms with E-state index in [1.807, 2.05) is 18.2 Å². The molecule has 2 aromatic heterocycles. The van der Waals surface area contributed by atoms with E-state index in [0.717, 1.165) is 24.3 Å². The van der Waals surface area contributed by atoms with Crippen molar-refractivity contribution in [1.82, 2.24) is 20.2 Å². The van der Waals surface area contributed by atoms with Crippen molar-refractivity contribution in [3.63, 3.8) is 0 Å². The average molecular weight is 316 g/mol. The van der Waals surface area contributed by atoms with Crippen LogP contribution < -0.4 is 10.3 Å². The molecule has 0 fully saturated rings. The normalized spacial score (nSPS) is 11.0. The Morgan fingerprint density at radius 3 is 3.05 bits per heavy atom. The van der Waals surface area contributed by atoms with Gasteiger partial charge >= 0.3 is 0 Å². The number of aromatic amines is 2. The number of aromatic nitrogens is 4. The Hall–Kier alpha value is -2.28. The molecule has 0 aliphatic carbocycles. The van der Waals surface area contributed by atoms with Crippen LogP contribution in [0.15, 0.2) is 40.4 Å². The van der Waals surface area contributed by atoms with Crippen LogP contribution in [0.25, 0.3) is 11.0 Å². The number of nitrogens with zero attached hydrogens (tertiary/aromatic N) is 2. The van der Waals surface area contributed by atoms with E-state index in [2.05, 4.69) is 26.2 Å². The molecule has 114 valence electrons. The molecule has 0 aliphatic rings. The van der Waals surface area contributed by atoms with Crippen LogP contribution in [0, 0.1) is 0 Å². The summed E-state index contributed by atoms with van der Waals surface area (Å²) in [6.45, 7) is 0. The fourth-order valence-electron chi connectivity index (χ4n) is 2.23. The molecular formula is C15H16N4O2S. The lowest BCUT2D eigenvalue weighted by atomic mass is 10.1. The van der Waals surface area contributed by atoms with E-state index in [4.69, 9.17) is 4.74 Å². The maximum absolute atomic E-state index is 11.8. The number of hydrogen-bond donors (Lipinski definition) is 2. The van der Waals surface area contributed by atoms with Crippen molar-refractivity contribution >= 4 is 22.8 Å². The van der Waals surface area contributed by atoms with E-state index in [1.165, 1.54) is 23.5 Å². The second-order valence-electron chi connectivity index (χ2n) is 4.77. The fourth-order valence-corrected chi connectivity index (χ4v) is 3.04. The molecule has 3 rings (SSSR count). The molecule has 7 heteroatoms. The molecule has 0 saturated heterocycles. The first-order valence-electron chi connectivity index (χ1n) is 6.96. The summed E-state index contributed by atoms with van der Waals surface area (Å²) >= 11 is 1.53. The van der Waals surface area contributed by atoms with Crippen molar-refractivity contribution in [2.45, 2.75) is 18.0 Å². The highest BCUT2D eigenvalue weighted by Gasteiger charge is 2.06. The topological polar surface area (TPSA) is 83.7 Å². The Bertz CT molecular complexity index is 828. The SMILES string of the molecule is COc1ccccc1CCCSc1nc2[nH]ncc2c(=O)[nH]1. The zero-order valence-corrected chi connectivity index (χ0v) is 12.9. The summed E-state index contributed by atoms with van der Waals surface area (Å²) in [5.41, 5.74) is 1.55. The van der Waals surface area contributed by atoms with Gasteiger partial charge in [0.25, 0.3) is 5.56 Å². The van der Waals surface area contributed by atoms with Crippen LogP contribution in [0.5, 0.6) is 5.75 Å². The predicted octanol–water partition coefficient (Wildman–Crippen LogP) is 2.38. The summed E-state index contributed by atoms with van der Waals surface area (Å²) in [7, 11) is 1.68. The number of H-pyrrole nitrogens is 2. The molecule has 0 radical (unpaired) electrons. The molecule has 0 atom stereocenters. The molecule has 3 aromatic rings. The number of rotatable bonds is 6. The van der Waals surface area contributed by atoms with Crippen LogP contribution in [-0.4, -0.2) is 33.0 Å². The van der Waals surface area contributed by atoms with E-state index in [1.54, 1.807) is 7.11 Å². The highest BCUT2D eigenvalue weighted by molar-refractivity contribution is 7.99. The average Bonchev–Trinajstić information content (AvgIpc) is 3.01. The van der Waals surface area contributed by atoms with Crippen LogP contribution in [0.3, 0.4) is 0 Å². The van der Waals surface area contributed by atoms with Gasteiger partial charge in [-0.15, -0.1) is 0 Å². The highest BCUT2D eigenvalue weighted by Crippen LogP contribution is 2.21.